The molecular weight excluding hydrogens is 328 g/mol. The molecule has 0 aliphatic carbocycles. The second-order valence-electron chi connectivity index (χ2n) is 6.57. The Morgan fingerprint density at radius 1 is 1.23 bits per heavy atom. The van der Waals surface area contributed by atoms with E-state index in [1.165, 1.54) is 19.3 Å². The number of para-hydroxylation sites is 1. The van der Waals surface area contributed by atoms with E-state index in [4.69, 9.17) is 14.9 Å². The van der Waals surface area contributed by atoms with Crippen molar-refractivity contribution in [2.75, 3.05) is 32.1 Å². The van der Waals surface area contributed by atoms with Gasteiger partial charge in [-0.2, -0.15) is 0 Å². The van der Waals surface area contributed by atoms with Crippen LogP contribution in [0.15, 0.2) is 52.1 Å². The van der Waals surface area contributed by atoms with Crippen molar-refractivity contribution in [3.63, 3.8) is 0 Å². The van der Waals surface area contributed by atoms with E-state index in [2.05, 4.69) is 15.2 Å². The lowest BCUT2D eigenvalue weighted by molar-refractivity contribution is 0.150. The molecule has 1 aliphatic heterocycles. The zero-order valence-corrected chi connectivity index (χ0v) is 15.4. The van der Waals surface area contributed by atoms with E-state index in [1.807, 2.05) is 36.4 Å². The van der Waals surface area contributed by atoms with E-state index in [0.29, 0.717) is 19.1 Å². The third kappa shape index (κ3) is 4.86. The van der Waals surface area contributed by atoms with Gasteiger partial charge in [0.25, 0.3) is 0 Å². The molecule has 3 rings (SSSR count). The minimum Gasteiger partial charge on any atom is -0.468 e. The van der Waals surface area contributed by atoms with E-state index in [9.17, 15) is 0 Å². The number of guanidine groups is 1. The summed E-state index contributed by atoms with van der Waals surface area (Å²) in [5, 5.41) is 3.20. The van der Waals surface area contributed by atoms with Gasteiger partial charge in [-0.1, -0.05) is 24.6 Å². The molecule has 3 N–H and O–H groups in total. The van der Waals surface area contributed by atoms with E-state index in [1.54, 1.807) is 13.4 Å². The van der Waals surface area contributed by atoms with Crippen LogP contribution in [0.2, 0.25) is 0 Å². The van der Waals surface area contributed by atoms with E-state index in [0.717, 1.165) is 30.1 Å². The fourth-order valence-corrected chi connectivity index (χ4v) is 3.38. The van der Waals surface area contributed by atoms with Crippen LogP contribution in [0.3, 0.4) is 0 Å². The lowest BCUT2D eigenvalue weighted by Crippen LogP contribution is -2.36. The third-order valence-electron chi connectivity index (χ3n) is 4.72. The van der Waals surface area contributed by atoms with Crippen molar-refractivity contribution in [1.82, 2.24) is 4.90 Å². The number of ether oxygens (including phenoxy) is 1. The Hall–Kier alpha value is -2.31. The van der Waals surface area contributed by atoms with Crippen LogP contribution in [-0.4, -0.2) is 37.6 Å². The first-order valence-corrected chi connectivity index (χ1v) is 9.19. The van der Waals surface area contributed by atoms with Crippen LogP contribution in [0.25, 0.3) is 0 Å². The second kappa shape index (κ2) is 9.40. The molecule has 1 aliphatic rings. The van der Waals surface area contributed by atoms with Gasteiger partial charge in [0.15, 0.2) is 5.96 Å². The van der Waals surface area contributed by atoms with Crippen molar-refractivity contribution in [3.8, 4) is 0 Å². The molecular formula is C20H28N4O2. The summed E-state index contributed by atoms with van der Waals surface area (Å²) in [6.07, 6.45) is 5.46. The number of rotatable bonds is 7. The van der Waals surface area contributed by atoms with Crippen LogP contribution >= 0.6 is 0 Å². The lowest BCUT2D eigenvalue weighted by atomic mass is 10.1. The van der Waals surface area contributed by atoms with Crippen molar-refractivity contribution in [1.29, 1.82) is 0 Å². The Morgan fingerprint density at radius 2 is 2.04 bits per heavy atom. The number of piperidine rings is 1. The van der Waals surface area contributed by atoms with Crippen LogP contribution < -0.4 is 11.1 Å². The van der Waals surface area contributed by atoms with Crippen LogP contribution in [-0.2, 0) is 11.3 Å². The molecule has 140 valence electrons. The summed E-state index contributed by atoms with van der Waals surface area (Å²) in [5.41, 5.74) is 8.12. The van der Waals surface area contributed by atoms with Crippen molar-refractivity contribution >= 4 is 11.6 Å². The summed E-state index contributed by atoms with van der Waals surface area (Å²) in [5.74, 6) is 1.35. The maximum absolute atomic E-state index is 6.15. The summed E-state index contributed by atoms with van der Waals surface area (Å²) >= 11 is 0. The molecule has 1 aromatic heterocycles. The number of methoxy groups -OCH3 is 1. The van der Waals surface area contributed by atoms with Gasteiger partial charge in [0, 0.05) is 18.4 Å². The normalized spacial score (nSPS) is 17.2. The van der Waals surface area contributed by atoms with Crippen LogP contribution in [0.5, 0.6) is 0 Å². The third-order valence-corrected chi connectivity index (χ3v) is 4.72. The highest BCUT2D eigenvalue weighted by Gasteiger charge is 2.24. The molecule has 1 atom stereocenters. The SMILES string of the molecule is COCc1ccccc1NC(N)=NCC(c1ccco1)N1CCCCC1. The molecule has 0 bridgehead atoms. The Labute approximate surface area is 155 Å². The average molecular weight is 356 g/mol. The van der Waals surface area contributed by atoms with Crippen molar-refractivity contribution in [3.05, 3.63) is 54.0 Å². The van der Waals surface area contributed by atoms with Gasteiger partial charge < -0.3 is 20.2 Å². The number of likely N-dealkylation sites (tertiary alicyclic amines) is 1. The topological polar surface area (TPSA) is 76.0 Å². The summed E-state index contributed by atoms with van der Waals surface area (Å²) in [6.45, 7) is 3.24. The van der Waals surface area contributed by atoms with Crippen LogP contribution in [0.1, 0.15) is 36.6 Å². The molecule has 1 fully saturated rings. The predicted octanol–water partition coefficient (Wildman–Crippen LogP) is 3.38. The fourth-order valence-electron chi connectivity index (χ4n) is 3.38. The number of hydrogen-bond donors (Lipinski definition) is 2. The van der Waals surface area contributed by atoms with Gasteiger partial charge in [-0.05, 0) is 44.1 Å². The number of benzene rings is 1. The highest BCUT2D eigenvalue weighted by molar-refractivity contribution is 5.93. The Balaban J connectivity index is 1.69. The molecule has 6 heteroatoms. The summed E-state index contributed by atoms with van der Waals surface area (Å²) in [4.78, 5) is 7.04. The molecule has 0 amide bonds. The van der Waals surface area contributed by atoms with E-state index < -0.39 is 0 Å². The standard InChI is InChI=1S/C20H28N4O2/c1-25-15-16-8-3-4-9-17(16)23-20(21)22-14-18(19-10-7-13-26-19)24-11-5-2-6-12-24/h3-4,7-10,13,18H,2,5-6,11-12,14-15H2,1H3,(H3,21,22,23). The molecule has 0 radical (unpaired) electrons. The molecule has 0 saturated carbocycles. The molecule has 1 aromatic carbocycles. The van der Waals surface area contributed by atoms with Crippen molar-refractivity contribution < 1.29 is 9.15 Å². The number of furan rings is 1. The average Bonchev–Trinajstić information content (AvgIpc) is 3.19. The zero-order valence-electron chi connectivity index (χ0n) is 15.4. The highest BCUT2D eigenvalue weighted by atomic mass is 16.5. The van der Waals surface area contributed by atoms with Gasteiger partial charge in [-0.25, -0.2) is 0 Å². The highest BCUT2D eigenvalue weighted by Crippen LogP contribution is 2.25. The van der Waals surface area contributed by atoms with Crippen LogP contribution in [0, 0.1) is 0 Å². The van der Waals surface area contributed by atoms with Gasteiger partial charge in [-0.15, -0.1) is 0 Å². The molecule has 1 saturated heterocycles. The maximum Gasteiger partial charge on any atom is 0.193 e. The van der Waals surface area contributed by atoms with Gasteiger partial charge in [0.1, 0.15) is 5.76 Å². The first-order valence-electron chi connectivity index (χ1n) is 9.19. The summed E-state index contributed by atoms with van der Waals surface area (Å²) < 4.78 is 10.9. The summed E-state index contributed by atoms with van der Waals surface area (Å²) in [7, 11) is 1.68. The molecule has 1 unspecified atom stereocenters. The fraction of sp³-hybridized carbons (Fsp3) is 0.450. The number of anilines is 1. The lowest BCUT2D eigenvalue weighted by Gasteiger charge is -2.32. The summed E-state index contributed by atoms with van der Waals surface area (Å²) in [6, 6.07) is 12.0. The van der Waals surface area contributed by atoms with Crippen molar-refractivity contribution in [2.45, 2.75) is 31.9 Å². The van der Waals surface area contributed by atoms with Crippen molar-refractivity contribution in [2.24, 2.45) is 10.7 Å². The minimum absolute atomic E-state index is 0.125. The number of aliphatic imine (C=N–C) groups is 1. The van der Waals surface area contributed by atoms with Gasteiger partial charge >= 0.3 is 0 Å². The molecule has 0 spiro atoms. The Morgan fingerprint density at radius 3 is 2.77 bits per heavy atom. The Bertz CT molecular complexity index is 694. The second-order valence-corrected chi connectivity index (χ2v) is 6.57. The van der Waals surface area contributed by atoms with E-state index in [-0.39, 0.29) is 6.04 Å². The molecule has 2 heterocycles. The zero-order chi connectivity index (χ0) is 18.2. The molecule has 6 nitrogen and oxygen atoms in total. The number of nitrogens with one attached hydrogen (secondary N) is 1. The first kappa shape index (κ1) is 18.5. The maximum atomic E-state index is 6.15. The van der Waals surface area contributed by atoms with Gasteiger partial charge in [0.2, 0.25) is 0 Å². The predicted molar refractivity (Wildman–Crippen MR) is 104 cm³/mol. The molecule has 26 heavy (non-hydrogen) atoms. The minimum atomic E-state index is 0.125. The van der Waals surface area contributed by atoms with E-state index >= 15 is 0 Å². The van der Waals surface area contributed by atoms with Crippen LogP contribution in [0.4, 0.5) is 5.69 Å². The number of hydrogen-bond acceptors (Lipinski definition) is 4. The number of nitrogens with zero attached hydrogens (tertiary/aromatic N) is 2. The van der Waals surface area contributed by atoms with Gasteiger partial charge in [-0.3, -0.25) is 9.89 Å². The quantitative estimate of drug-likeness (QED) is 0.587. The largest absolute Gasteiger partial charge is 0.468 e. The Kier molecular flexibility index (Phi) is 6.68. The van der Waals surface area contributed by atoms with Gasteiger partial charge in [0.05, 0.1) is 25.5 Å². The smallest absolute Gasteiger partial charge is 0.193 e. The monoisotopic (exact) mass is 356 g/mol. The first-order chi connectivity index (χ1) is 12.8. The number of nitrogens with two attached hydrogens (primary N) is 1. The molecule has 2 aromatic rings.